The molecule has 1 aromatic carbocycles. The van der Waals surface area contributed by atoms with Gasteiger partial charge in [0.05, 0.1) is 5.52 Å². The molecule has 3 aromatic rings. The molecule has 0 bridgehead atoms. The van der Waals surface area contributed by atoms with Gasteiger partial charge in [0, 0.05) is 36.2 Å². The van der Waals surface area contributed by atoms with E-state index in [1.54, 1.807) is 18.2 Å². The Bertz CT molecular complexity index is 1720. The molecule has 216 valence electrons. The molecule has 1 unspecified atom stereocenters. The first-order chi connectivity index (χ1) is 20.0. The molecule has 1 fully saturated rings. The lowest BCUT2D eigenvalue weighted by Crippen LogP contribution is -2.72. The van der Waals surface area contributed by atoms with Gasteiger partial charge in [-0.15, -0.1) is 11.8 Å². The quantitative estimate of drug-likeness (QED) is 0.131. The summed E-state index contributed by atoms with van der Waals surface area (Å²) in [6.07, 6.45) is 2.50. The van der Waals surface area contributed by atoms with Crippen LogP contribution in [-0.4, -0.2) is 78.5 Å². The number of nitrogens with zero attached hydrogens (tertiary/aromatic N) is 2. The average molecular weight is 594 g/mol. The molecule has 0 spiro atoms. The Labute approximate surface area is 240 Å². The van der Waals surface area contributed by atoms with Gasteiger partial charge in [-0.3, -0.25) is 33.9 Å². The number of pyridine rings is 2. The molecule has 2 aliphatic heterocycles. The van der Waals surface area contributed by atoms with E-state index in [9.17, 15) is 39.0 Å². The van der Waals surface area contributed by atoms with E-state index < -0.39 is 57.8 Å². The van der Waals surface area contributed by atoms with Gasteiger partial charge < -0.3 is 30.6 Å². The van der Waals surface area contributed by atoms with Crippen LogP contribution in [0, 0.1) is 0 Å². The zero-order valence-corrected chi connectivity index (χ0v) is 22.6. The summed E-state index contributed by atoms with van der Waals surface area (Å²) in [7, 11) is 0. The van der Waals surface area contributed by atoms with Gasteiger partial charge in [0.15, 0.2) is 0 Å². The van der Waals surface area contributed by atoms with Crippen LogP contribution in [0.15, 0.2) is 70.9 Å². The van der Waals surface area contributed by atoms with Crippen molar-refractivity contribution in [2.75, 3.05) is 12.4 Å². The Hall–Kier alpha value is -5.02. The van der Waals surface area contributed by atoms with Crippen molar-refractivity contribution in [2.45, 2.75) is 24.1 Å². The standard InChI is InChI=1S/C27H23N5O9S/c1-13(33)41-11-14-12-42-24-19(23(36)32(24)20(14)25(37)38)30-26(39)27(40,15-6-3-2-4-7-15)31-22(35)16-10-29-17-8-5-9-28-18(17)21(16)34/h2-10,19,24,40H,11-12H2,1H3,(H,29,34)(H,30,39)(H,31,35)(H,37,38)/t19-,24-,27?/m1/s1. The molecule has 14 nitrogen and oxygen atoms in total. The van der Waals surface area contributed by atoms with Crippen molar-refractivity contribution < 1.29 is 38.9 Å². The molecule has 2 aromatic heterocycles. The van der Waals surface area contributed by atoms with Crippen molar-refractivity contribution in [2.24, 2.45) is 0 Å². The molecule has 0 radical (unpaired) electrons. The minimum atomic E-state index is -2.74. The summed E-state index contributed by atoms with van der Waals surface area (Å²) in [6, 6.07) is 9.29. The van der Waals surface area contributed by atoms with Gasteiger partial charge in [-0.2, -0.15) is 0 Å². The number of fused-ring (bicyclic) bond motifs is 2. The summed E-state index contributed by atoms with van der Waals surface area (Å²) in [6.45, 7) is 0.848. The van der Waals surface area contributed by atoms with Gasteiger partial charge in [-0.05, 0) is 12.1 Å². The molecule has 4 heterocycles. The fourth-order valence-corrected chi connectivity index (χ4v) is 5.94. The smallest absolute Gasteiger partial charge is 0.352 e. The Kier molecular flexibility index (Phi) is 7.53. The van der Waals surface area contributed by atoms with E-state index in [0.717, 1.165) is 22.9 Å². The number of esters is 1. The van der Waals surface area contributed by atoms with Gasteiger partial charge in [-0.1, -0.05) is 30.3 Å². The fraction of sp³-hybridized carbons (Fsp3) is 0.222. The fourth-order valence-electron chi connectivity index (χ4n) is 4.61. The van der Waals surface area contributed by atoms with Crippen LogP contribution >= 0.6 is 11.8 Å². The Morgan fingerprint density at radius 1 is 1.17 bits per heavy atom. The van der Waals surface area contributed by atoms with Crippen molar-refractivity contribution in [3.63, 3.8) is 0 Å². The van der Waals surface area contributed by atoms with Crippen LogP contribution in [0.2, 0.25) is 0 Å². The molecule has 3 atom stereocenters. The summed E-state index contributed by atoms with van der Waals surface area (Å²) in [5.41, 5.74) is -3.77. The second-order valence-corrected chi connectivity index (χ2v) is 10.5. The second kappa shape index (κ2) is 11.1. The SMILES string of the molecule is CC(=O)OCC1=C(C(=O)O)N2C(=O)[C@@H](NC(=O)C(O)(NC(=O)c3c[nH]c4cccnc4c3=O)c3ccccc3)[C@H]2SC1. The zero-order chi connectivity index (χ0) is 30.2. The number of aromatic nitrogens is 2. The maximum Gasteiger partial charge on any atom is 0.352 e. The Morgan fingerprint density at radius 2 is 1.90 bits per heavy atom. The van der Waals surface area contributed by atoms with Crippen molar-refractivity contribution >= 4 is 52.5 Å². The van der Waals surface area contributed by atoms with Gasteiger partial charge >= 0.3 is 11.9 Å². The number of carboxylic acids is 1. The number of ether oxygens (including phenoxy) is 1. The lowest BCUT2D eigenvalue weighted by atomic mass is 9.98. The van der Waals surface area contributed by atoms with Crippen molar-refractivity contribution in [1.29, 1.82) is 0 Å². The summed E-state index contributed by atoms with van der Waals surface area (Å²) in [4.78, 5) is 83.7. The molecular formula is C27H23N5O9S. The highest BCUT2D eigenvalue weighted by Gasteiger charge is 2.56. The molecular weight excluding hydrogens is 570 g/mol. The molecule has 5 rings (SSSR count). The van der Waals surface area contributed by atoms with E-state index in [2.05, 4.69) is 20.6 Å². The number of H-pyrrole nitrogens is 1. The predicted octanol–water partition coefficient (Wildman–Crippen LogP) is -0.200. The minimum absolute atomic E-state index is 0.0253. The number of hydrogen-bond acceptors (Lipinski definition) is 10. The number of rotatable bonds is 8. The summed E-state index contributed by atoms with van der Waals surface area (Å²) >= 11 is 1.12. The first-order valence-electron chi connectivity index (χ1n) is 12.4. The first-order valence-corrected chi connectivity index (χ1v) is 13.5. The third-order valence-corrected chi connectivity index (χ3v) is 8.02. The molecule has 42 heavy (non-hydrogen) atoms. The monoisotopic (exact) mass is 593 g/mol. The van der Waals surface area contributed by atoms with Crippen molar-refractivity contribution in [1.82, 2.24) is 25.5 Å². The normalized spacial score (nSPS) is 19.3. The van der Waals surface area contributed by atoms with Crippen LogP contribution in [0.4, 0.5) is 0 Å². The van der Waals surface area contributed by atoms with E-state index in [4.69, 9.17) is 4.74 Å². The number of aliphatic hydroxyl groups is 1. The van der Waals surface area contributed by atoms with E-state index in [-0.39, 0.29) is 34.7 Å². The number of hydrogen-bond donors (Lipinski definition) is 5. The Balaban J connectivity index is 1.41. The van der Waals surface area contributed by atoms with Gasteiger partial charge in [-0.25, -0.2) is 4.79 Å². The second-order valence-electron chi connectivity index (χ2n) is 9.36. The summed E-state index contributed by atoms with van der Waals surface area (Å²) in [5, 5.41) is 25.1. The lowest BCUT2D eigenvalue weighted by molar-refractivity contribution is -0.155. The van der Waals surface area contributed by atoms with Gasteiger partial charge in [0.25, 0.3) is 17.7 Å². The molecule has 5 N–H and O–H groups in total. The maximum absolute atomic E-state index is 13.6. The summed E-state index contributed by atoms with van der Waals surface area (Å²) in [5.74, 6) is -5.01. The number of nitrogens with one attached hydrogen (secondary N) is 3. The number of carbonyl (C=O) groups is 5. The minimum Gasteiger partial charge on any atom is -0.477 e. The van der Waals surface area contributed by atoms with Crippen molar-refractivity contribution in [3.05, 3.63) is 87.5 Å². The number of aromatic amines is 1. The van der Waals surface area contributed by atoms with Crippen LogP contribution in [0.5, 0.6) is 0 Å². The molecule has 0 aliphatic carbocycles. The lowest BCUT2D eigenvalue weighted by Gasteiger charge is -2.49. The molecule has 0 saturated carbocycles. The third-order valence-electron chi connectivity index (χ3n) is 6.68. The highest BCUT2D eigenvalue weighted by atomic mass is 32.2. The number of amides is 3. The molecule has 1 saturated heterocycles. The maximum atomic E-state index is 13.6. The number of aliphatic carboxylic acids is 1. The van der Waals surface area contributed by atoms with E-state index in [1.165, 1.54) is 37.4 Å². The number of benzene rings is 1. The van der Waals surface area contributed by atoms with E-state index in [1.807, 2.05) is 0 Å². The van der Waals surface area contributed by atoms with Crippen LogP contribution in [0.1, 0.15) is 22.8 Å². The van der Waals surface area contributed by atoms with Gasteiger partial charge in [0.2, 0.25) is 11.2 Å². The van der Waals surface area contributed by atoms with Crippen molar-refractivity contribution in [3.8, 4) is 0 Å². The highest BCUT2D eigenvalue weighted by Crippen LogP contribution is 2.40. The van der Waals surface area contributed by atoms with E-state index >= 15 is 0 Å². The van der Waals surface area contributed by atoms with Crippen LogP contribution in [0.25, 0.3) is 11.0 Å². The van der Waals surface area contributed by atoms with Crippen LogP contribution < -0.4 is 16.1 Å². The number of carbonyl (C=O) groups excluding carboxylic acids is 4. The van der Waals surface area contributed by atoms with Gasteiger partial charge in [0.1, 0.15) is 34.8 Å². The molecule has 15 heteroatoms. The summed E-state index contributed by atoms with van der Waals surface area (Å²) < 4.78 is 4.91. The van der Waals surface area contributed by atoms with E-state index in [0.29, 0.717) is 5.52 Å². The Morgan fingerprint density at radius 3 is 2.60 bits per heavy atom. The van der Waals surface area contributed by atoms with Crippen LogP contribution in [-0.2, 0) is 29.6 Å². The molecule has 3 amide bonds. The first kappa shape index (κ1) is 28.5. The topological polar surface area (TPSA) is 208 Å². The van der Waals surface area contributed by atoms with Crippen LogP contribution in [0.3, 0.4) is 0 Å². The predicted molar refractivity (Wildman–Crippen MR) is 146 cm³/mol. The number of carboxylic acid groups (broad SMARTS) is 1. The zero-order valence-electron chi connectivity index (χ0n) is 21.8. The molecule has 2 aliphatic rings. The third kappa shape index (κ3) is 4.99. The number of thioether (sulfide) groups is 1. The number of β-lactam (4-membered cyclic amide) rings is 1. The average Bonchev–Trinajstić information content (AvgIpc) is 2.98. The largest absolute Gasteiger partial charge is 0.477 e. The highest BCUT2D eigenvalue weighted by molar-refractivity contribution is 8.00.